The molecular formula is C7HBrF4N2O. The SMILES string of the molecule is N#Cc1c(OC(F)(F)F)cnc(Br)c1F. The van der Waals surface area contributed by atoms with Crippen molar-refractivity contribution in [2.24, 2.45) is 0 Å². The standard InChI is InChI=1S/C7HBrF4N2O/c8-6-5(9)3(1-13)4(2-14-6)15-7(10,11)12/h2H. The van der Waals surface area contributed by atoms with Gasteiger partial charge in [-0.3, -0.25) is 0 Å². The molecule has 0 bridgehead atoms. The van der Waals surface area contributed by atoms with Gasteiger partial charge in [-0.2, -0.15) is 5.26 Å². The van der Waals surface area contributed by atoms with Gasteiger partial charge in [-0.05, 0) is 15.9 Å². The van der Waals surface area contributed by atoms with Crippen molar-refractivity contribution in [1.82, 2.24) is 4.98 Å². The first-order valence-corrected chi connectivity index (χ1v) is 4.14. The molecule has 15 heavy (non-hydrogen) atoms. The molecule has 0 amide bonds. The summed E-state index contributed by atoms with van der Waals surface area (Å²) >= 11 is 2.63. The lowest BCUT2D eigenvalue weighted by molar-refractivity contribution is -0.274. The maximum Gasteiger partial charge on any atom is 0.573 e. The van der Waals surface area contributed by atoms with Crippen LogP contribution >= 0.6 is 15.9 Å². The second-order valence-corrected chi connectivity index (χ2v) is 3.01. The summed E-state index contributed by atoms with van der Waals surface area (Å²) in [4.78, 5) is 3.24. The van der Waals surface area contributed by atoms with E-state index in [1.165, 1.54) is 6.07 Å². The molecule has 80 valence electrons. The van der Waals surface area contributed by atoms with Crippen LogP contribution in [0, 0.1) is 17.1 Å². The number of rotatable bonds is 1. The van der Waals surface area contributed by atoms with Crippen molar-refractivity contribution in [2.75, 3.05) is 0 Å². The van der Waals surface area contributed by atoms with Crippen LogP contribution in [0.3, 0.4) is 0 Å². The summed E-state index contributed by atoms with van der Waals surface area (Å²) in [6.07, 6.45) is -4.38. The Hall–Kier alpha value is -1.36. The molecule has 8 heteroatoms. The van der Waals surface area contributed by atoms with Crippen LogP contribution in [0.15, 0.2) is 10.8 Å². The molecule has 0 radical (unpaired) electrons. The van der Waals surface area contributed by atoms with E-state index in [9.17, 15) is 17.6 Å². The minimum Gasteiger partial charge on any atom is -0.403 e. The first-order chi connectivity index (χ1) is 6.85. The Labute approximate surface area is 89.4 Å². The van der Waals surface area contributed by atoms with E-state index in [0.717, 1.165) is 0 Å². The number of alkyl halides is 3. The molecule has 1 aromatic heterocycles. The molecule has 0 aliphatic heterocycles. The smallest absolute Gasteiger partial charge is 0.403 e. The fourth-order valence-corrected chi connectivity index (χ4v) is 1.05. The molecule has 1 aromatic rings. The normalized spacial score (nSPS) is 10.9. The Kier molecular flexibility index (Phi) is 3.14. The van der Waals surface area contributed by atoms with Crippen molar-refractivity contribution in [2.45, 2.75) is 6.36 Å². The molecule has 0 aliphatic carbocycles. The minimum atomic E-state index is -4.99. The third-order valence-electron chi connectivity index (χ3n) is 1.28. The van der Waals surface area contributed by atoms with Crippen molar-refractivity contribution in [1.29, 1.82) is 5.26 Å². The second-order valence-electron chi connectivity index (χ2n) is 2.26. The van der Waals surface area contributed by atoms with Gasteiger partial charge in [0.2, 0.25) is 0 Å². The zero-order valence-electron chi connectivity index (χ0n) is 6.77. The van der Waals surface area contributed by atoms with Crippen LogP contribution in [0.2, 0.25) is 0 Å². The summed E-state index contributed by atoms with van der Waals surface area (Å²) in [5, 5.41) is 8.43. The fourth-order valence-electron chi connectivity index (χ4n) is 0.754. The first kappa shape index (κ1) is 11.7. The molecule has 0 N–H and O–H groups in total. The highest BCUT2D eigenvalue weighted by atomic mass is 79.9. The first-order valence-electron chi connectivity index (χ1n) is 3.35. The Morgan fingerprint density at radius 3 is 2.53 bits per heavy atom. The highest BCUT2D eigenvalue weighted by Gasteiger charge is 2.33. The Morgan fingerprint density at radius 2 is 2.07 bits per heavy atom. The largest absolute Gasteiger partial charge is 0.573 e. The minimum absolute atomic E-state index is 0.353. The summed E-state index contributed by atoms with van der Waals surface area (Å²) in [7, 11) is 0. The van der Waals surface area contributed by atoms with Crippen LogP contribution in [-0.4, -0.2) is 11.3 Å². The van der Waals surface area contributed by atoms with Crippen LogP contribution in [0.25, 0.3) is 0 Å². The molecule has 0 spiro atoms. The van der Waals surface area contributed by atoms with Gasteiger partial charge in [-0.15, -0.1) is 13.2 Å². The second kappa shape index (κ2) is 4.02. The Morgan fingerprint density at radius 1 is 1.47 bits per heavy atom. The third kappa shape index (κ3) is 2.79. The van der Waals surface area contributed by atoms with Gasteiger partial charge in [0.05, 0.1) is 6.20 Å². The number of hydrogen-bond acceptors (Lipinski definition) is 3. The number of aromatic nitrogens is 1. The quantitative estimate of drug-likeness (QED) is 0.588. The van der Waals surface area contributed by atoms with E-state index in [1.807, 2.05) is 0 Å². The topological polar surface area (TPSA) is 45.9 Å². The van der Waals surface area contributed by atoms with E-state index in [1.54, 1.807) is 0 Å². The monoisotopic (exact) mass is 284 g/mol. The van der Waals surface area contributed by atoms with Crippen molar-refractivity contribution in [3.63, 3.8) is 0 Å². The zero-order valence-corrected chi connectivity index (χ0v) is 8.36. The van der Waals surface area contributed by atoms with Crippen LogP contribution < -0.4 is 4.74 Å². The van der Waals surface area contributed by atoms with E-state index >= 15 is 0 Å². The van der Waals surface area contributed by atoms with Gasteiger partial charge < -0.3 is 4.74 Å². The molecule has 0 unspecified atom stereocenters. The van der Waals surface area contributed by atoms with E-state index in [4.69, 9.17) is 5.26 Å². The number of nitrogens with zero attached hydrogens (tertiary/aromatic N) is 2. The molecule has 1 heterocycles. The number of hydrogen-bond donors (Lipinski definition) is 0. The van der Waals surface area contributed by atoms with Gasteiger partial charge in [0, 0.05) is 0 Å². The number of nitriles is 1. The molecule has 0 atom stereocenters. The van der Waals surface area contributed by atoms with E-state index in [-0.39, 0.29) is 4.60 Å². The van der Waals surface area contributed by atoms with Gasteiger partial charge in [0.1, 0.15) is 16.2 Å². The predicted octanol–water partition coefficient (Wildman–Crippen LogP) is 2.75. The van der Waals surface area contributed by atoms with Crippen LogP contribution in [-0.2, 0) is 0 Å². The van der Waals surface area contributed by atoms with E-state index in [0.29, 0.717) is 6.20 Å². The zero-order chi connectivity index (χ0) is 11.6. The average Bonchev–Trinajstić information content (AvgIpc) is 2.10. The molecule has 0 saturated carbocycles. The summed E-state index contributed by atoms with van der Waals surface area (Å²) in [6, 6.07) is 1.26. The van der Waals surface area contributed by atoms with Crippen molar-refractivity contribution in [3.8, 4) is 11.8 Å². The fraction of sp³-hybridized carbons (Fsp3) is 0.143. The van der Waals surface area contributed by atoms with Gasteiger partial charge in [0.15, 0.2) is 11.6 Å². The maximum absolute atomic E-state index is 13.1. The Balaban J connectivity index is 3.21. The van der Waals surface area contributed by atoms with E-state index < -0.39 is 23.5 Å². The Bertz CT molecular complexity index is 426. The molecule has 0 saturated heterocycles. The molecule has 1 rings (SSSR count). The summed E-state index contributed by atoms with van der Waals surface area (Å²) in [5.41, 5.74) is -0.853. The summed E-state index contributed by atoms with van der Waals surface area (Å²) in [5.74, 6) is -2.16. The number of halogens is 5. The molecule has 0 aromatic carbocycles. The lowest BCUT2D eigenvalue weighted by Crippen LogP contribution is -2.18. The molecule has 0 fully saturated rings. The van der Waals surface area contributed by atoms with Gasteiger partial charge in [-0.1, -0.05) is 0 Å². The number of pyridine rings is 1. The number of ether oxygens (including phenoxy) is 1. The molecular weight excluding hydrogens is 284 g/mol. The van der Waals surface area contributed by atoms with Crippen molar-refractivity contribution in [3.05, 3.63) is 22.2 Å². The maximum atomic E-state index is 13.1. The summed E-state index contributed by atoms with van der Waals surface area (Å²) in [6.45, 7) is 0. The lowest BCUT2D eigenvalue weighted by Gasteiger charge is -2.10. The average molecular weight is 285 g/mol. The van der Waals surface area contributed by atoms with Gasteiger partial charge >= 0.3 is 6.36 Å². The highest BCUT2D eigenvalue weighted by molar-refractivity contribution is 9.10. The highest BCUT2D eigenvalue weighted by Crippen LogP contribution is 2.29. The summed E-state index contributed by atoms with van der Waals surface area (Å²) < 4.78 is 51.5. The van der Waals surface area contributed by atoms with Gasteiger partial charge in [0.25, 0.3) is 0 Å². The predicted molar refractivity (Wildman–Crippen MR) is 43.3 cm³/mol. The van der Waals surface area contributed by atoms with Crippen molar-refractivity contribution < 1.29 is 22.3 Å². The van der Waals surface area contributed by atoms with Crippen molar-refractivity contribution >= 4 is 15.9 Å². The van der Waals surface area contributed by atoms with Crippen LogP contribution in [0.5, 0.6) is 5.75 Å². The van der Waals surface area contributed by atoms with Crippen LogP contribution in [0.1, 0.15) is 5.56 Å². The van der Waals surface area contributed by atoms with E-state index in [2.05, 4.69) is 25.7 Å². The van der Waals surface area contributed by atoms with Crippen LogP contribution in [0.4, 0.5) is 17.6 Å². The lowest BCUT2D eigenvalue weighted by atomic mass is 10.2. The molecule has 0 aliphatic rings. The van der Waals surface area contributed by atoms with Gasteiger partial charge in [-0.25, -0.2) is 9.37 Å². The third-order valence-corrected chi connectivity index (χ3v) is 1.83. The molecule has 3 nitrogen and oxygen atoms in total.